The molecule has 3 N–H and O–H groups in total. The first-order chi connectivity index (χ1) is 8.00. The van der Waals surface area contributed by atoms with Gasteiger partial charge in [0.15, 0.2) is 0 Å². The first-order valence-electron chi connectivity index (χ1n) is 5.75. The van der Waals surface area contributed by atoms with E-state index in [2.05, 4.69) is 5.32 Å². The van der Waals surface area contributed by atoms with Crippen molar-refractivity contribution in [1.82, 2.24) is 5.32 Å². The second-order valence-corrected chi connectivity index (χ2v) is 4.51. The van der Waals surface area contributed by atoms with E-state index in [1.807, 2.05) is 13.8 Å². The van der Waals surface area contributed by atoms with Crippen LogP contribution in [0.25, 0.3) is 0 Å². The Balaban J connectivity index is 2.48. The molecular formula is C13H19NO3. The Bertz CT molecular complexity index is 377. The fraction of sp³-hybridized carbons (Fsp3) is 0.462. The Kier molecular flexibility index (Phi) is 4.97. The van der Waals surface area contributed by atoms with Gasteiger partial charge in [0, 0.05) is 6.54 Å². The SMILES string of the molecule is CC(C)C[C@@H](O)CNC(=O)c1ccccc1O. The molecule has 0 aliphatic carbocycles. The van der Waals surface area contributed by atoms with Crippen LogP contribution < -0.4 is 5.32 Å². The van der Waals surface area contributed by atoms with Gasteiger partial charge in [-0.3, -0.25) is 4.79 Å². The summed E-state index contributed by atoms with van der Waals surface area (Å²) in [5.41, 5.74) is 0.226. The lowest BCUT2D eigenvalue weighted by Gasteiger charge is -2.14. The molecule has 1 aromatic carbocycles. The number of phenols is 1. The van der Waals surface area contributed by atoms with Crippen molar-refractivity contribution in [3.05, 3.63) is 29.8 Å². The van der Waals surface area contributed by atoms with E-state index in [-0.39, 0.29) is 23.8 Å². The molecule has 0 aromatic heterocycles. The normalized spacial score (nSPS) is 12.5. The second kappa shape index (κ2) is 6.25. The highest BCUT2D eigenvalue weighted by molar-refractivity contribution is 5.96. The maximum atomic E-state index is 11.7. The molecule has 0 heterocycles. The number of benzene rings is 1. The Labute approximate surface area is 101 Å². The van der Waals surface area contributed by atoms with Crippen molar-refractivity contribution < 1.29 is 15.0 Å². The minimum absolute atomic E-state index is 0.0525. The summed E-state index contributed by atoms with van der Waals surface area (Å²) in [7, 11) is 0. The monoisotopic (exact) mass is 237 g/mol. The van der Waals surface area contributed by atoms with Gasteiger partial charge in [0.25, 0.3) is 5.91 Å². The molecule has 0 aliphatic heterocycles. The van der Waals surface area contributed by atoms with E-state index >= 15 is 0 Å². The van der Waals surface area contributed by atoms with E-state index in [1.54, 1.807) is 18.2 Å². The van der Waals surface area contributed by atoms with Crippen LogP contribution >= 0.6 is 0 Å². The molecule has 0 radical (unpaired) electrons. The second-order valence-electron chi connectivity index (χ2n) is 4.51. The predicted molar refractivity (Wildman–Crippen MR) is 65.9 cm³/mol. The van der Waals surface area contributed by atoms with E-state index < -0.39 is 6.10 Å². The van der Waals surface area contributed by atoms with Crippen LogP contribution in [0.3, 0.4) is 0 Å². The number of rotatable bonds is 5. The van der Waals surface area contributed by atoms with Gasteiger partial charge in [0.05, 0.1) is 11.7 Å². The third-order valence-corrected chi connectivity index (χ3v) is 2.39. The maximum Gasteiger partial charge on any atom is 0.255 e. The first kappa shape index (κ1) is 13.5. The lowest BCUT2D eigenvalue weighted by molar-refractivity contribution is 0.0897. The molecule has 1 aromatic rings. The molecule has 0 saturated heterocycles. The van der Waals surface area contributed by atoms with Gasteiger partial charge in [0.2, 0.25) is 0 Å². The molecule has 4 heteroatoms. The Morgan fingerprint density at radius 2 is 2.00 bits per heavy atom. The predicted octanol–water partition coefficient (Wildman–Crippen LogP) is 1.53. The van der Waals surface area contributed by atoms with E-state index in [4.69, 9.17) is 0 Å². The molecule has 0 spiro atoms. The Hall–Kier alpha value is -1.55. The van der Waals surface area contributed by atoms with Crippen LogP contribution in [0.4, 0.5) is 0 Å². The van der Waals surface area contributed by atoms with Crippen molar-refractivity contribution in [2.24, 2.45) is 5.92 Å². The fourth-order valence-electron chi connectivity index (χ4n) is 1.60. The van der Waals surface area contributed by atoms with Crippen LogP contribution in [-0.4, -0.2) is 28.8 Å². The molecule has 0 bridgehead atoms. The molecule has 1 amide bonds. The molecule has 1 atom stereocenters. The summed E-state index contributed by atoms with van der Waals surface area (Å²) < 4.78 is 0. The molecule has 94 valence electrons. The molecule has 0 unspecified atom stereocenters. The first-order valence-corrected chi connectivity index (χ1v) is 5.75. The zero-order chi connectivity index (χ0) is 12.8. The fourth-order valence-corrected chi connectivity index (χ4v) is 1.60. The van der Waals surface area contributed by atoms with Gasteiger partial charge in [-0.25, -0.2) is 0 Å². The number of aromatic hydroxyl groups is 1. The number of amides is 1. The van der Waals surface area contributed by atoms with Gasteiger partial charge < -0.3 is 15.5 Å². The number of para-hydroxylation sites is 1. The van der Waals surface area contributed by atoms with Crippen LogP contribution in [0, 0.1) is 5.92 Å². The van der Waals surface area contributed by atoms with Crippen LogP contribution in [0.15, 0.2) is 24.3 Å². The van der Waals surface area contributed by atoms with Gasteiger partial charge in [-0.15, -0.1) is 0 Å². The van der Waals surface area contributed by atoms with Crippen LogP contribution in [-0.2, 0) is 0 Å². The molecule has 17 heavy (non-hydrogen) atoms. The van der Waals surface area contributed by atoms with Crippen molar-refractivity contribution in [2.45, 2.75) is 26.4 Å². The van der Waals surface area contributed by atoms with Crippen LogP contribution in [0.1, 0.15) is 30.6 Å². The third-order valence-electron chi connectivity index (χ3n) is 2.39. The highest BCUT2D eigenvalue weighted by atomic mass is 16.3. The highest BCUT2D eigenvalue weighted by Crippen LogP contribution is 2.15. The van der Waals surface area contributed by atoms with E-state index in [0.29, 0.717) is 12.3 Å². The minimum Gasteiger partial charge on any atom is -0.507 e. The molecule has 1 rings (SSSR count). The summed E-state index contributed by atoms with van der Waals surface area (Å²) >= 11 is 0. The highest BCUT2D eigenvalue weighted by Gasteiger charge is 2.12. The average Bonchev–Trinajstić information content (AvgIpc) is 2.25. The minimum atomic E-state index is -0.551. The number of hydrogen-bond donors (Lipinski definition) is 3. The summed E-state index contributed by atoms with van der Waals surface area (Å²) in [6.45, 7) is 4.22. The number of aliphatic hydroxyl groups excluding tert-OH is 1. The van der Waals surface area contributed by atoms with Crippen molar-refractivity contribution in [1.29, 1.82) is 0 Å². The number of carbonyl (C=O) groups excluding carboxylic acids is 1. The molecular weight excluding hydrogens is 218 g/mol. The standard InChI is InChI=1S/C13H19NO3/c1-9(2)7-10(15)8-14-13(17)11-5-3-4-6-12(11)16/h3-6,9-10,15-16H,7-8H2,1-2H3,(H,14,17)/t10-/m1/s1. The summed E-state index contributed by atoms with van der Waals surface area (Å²) in [5.74, 6) is -0.0405. The van der Waals surface area contributed by atoms with Gasteiger partial charge in [0.1, 0.15) is 5.75 Å². The Morgan fingerprint density at radius 1 is 1.35 bits per heavy atom. The van der Waals surface area contributed by atoms with Gasteiger partial charge in [-0.05, 0) is 24.5 Å². The molecule has 0 aliphatic rings. The zero-order valence-corrected chi connectivity index (χ0v) is 10.2. The van der Waals surface area contributed by atoms with E-state index in [1.165, 1.54) is 6.07 Å². The van der Waals surface area contributed by atoms with Crippen molar-refractivity contribution in [2.75, 3.05) is 6.54 Å². The number of phenolic OH excluding ortho intramolecular Hbond substituents is 1. The summed E-state index contributed by atoms with van der Waals surface area (Å²) in [6, 6.07) is 6.33. The maximum absolute atomic E-state index is 11.7. The number of aliphatic hydroxyl groups is 1. The van der Waals surface area contributed by atoms with Crippen LogP contribution in [0.5, 0.6) is 5.75 Å². The average molecular weight is 237 g/mol. The third kappa shape index (κ3) is 4.44. The van der Waals surface area contributed by atoms with E-state index in [0.717, 1.165) is 0 Å². The lowest BCUT2D eigenvalue weighted by atomic mass is 10.1. The van der Waals surface area contributed by atoms with Crippen molar-refractivity contribution in [3.8, 4) is 5.75 Å². The number of carbonyl (C=O) groups is 1. The lowest BCUT2D eigenvalue weighted by Crippen LogP contribution is -2.32. The number of hydrogen-bond acceptors (Lipinski definition) is 3. The largest absolute Gasteiger partial charge is 0.507 e. The molecule has 4 nitrogen and oxygen atoms in total. The molecule has 0 fully saturated rings. The summed E-state index contributed by atoms with van der Waals surface area (Å²) in [5, 5.41) is 21.7. The zero-order valence-electron chi connectivity index (χ0n) is 10.2. The topological polar surface area (TPSA) is 69.6 Å². The van der Waals surface area contributed by atoms with Crippen molar-refractivity contribution in [3.63, 3.8) is 0 Å². The van der Waals surface area contributed by atoms with Crippen LogP contribution in [0.2, 0.25) is 0 Å². The number of nitrogens with one attached hydrogen (secondary N) is 1. The Morgan fingerprint density at radius 3 is 2.59 bits per heavy atom. The summed E-state index contributed by atoms with van der Waals surface area (Å²) in [6.07, 6.45) is 0.0888. The van der Waals surface area contributed by atoms with Gasteiger partial charge in [-0.1, -0.05) is 26.0 Å². The van der Waals surface area contributed by atoms with Gasteiger partial charge in [-0.2, -0.15) is 0 Å². The smallest absolute Gasteiger partial charge is 0.255 e. The summed E-state index contributed by atoms with van der Waals surface area (Å²) in [4.78, 5) is 11.7. The van der Waals surface area contributed by atoms with Crippen molar-refractivity contribution >= 4 is 5.91 Å². The quantitative estimate of drug-likeness (QED) is 0.727. The van der Waals surface area contributed by atoms with Gasteiger partial charge >= 0.3 is 0 Å². The van der Waals surface area contributed by atoms with E-state index in [9.17, 15) is 15.0 Å². The molecule has 0 saturated carbocycles.